The van der Waals surface area contributed by atoms with Crippen LogP contribution in [0.25, 0.3) is 0 Å². The molecule has 0 bridgehead atoms. The zero-order valence-electron chi connectivity index (χ0n) is 6.28. The quantitative estimate of drug-likeness (QED) is 0.752. The first kappa shape index (κ1) is 9.62. The zero-order chi connectivity index (χ0) is 8.97. The Bertz CT molecular complexity index is 265. The molecule has 0 fully saturated rings. The summed E-state index contributed by atoms with van der Waals surface area (Å²) in [6.07, 6.45) is 0. The minimum Gasteiger partial charge on any atom is -0.381 e. The molecule has 1 N–H and O–H groups in total. The fourth-order valence-electron chi connectivity index (χ4n) is 0.815. The average Bonchev–Trinajstić information content (AvgIpc) is 2.07. The summed E-state index contributed by atoms with van der Waals surface area (Å²) in [5, 5.41) is 3.32. The summed E-state index contributed by atoms with van der Waals surface area (Å²) in [6.45, 7) is 0.527. The van der Waals surface area contributed by atoms with Gasteiger partial charge in [-0.25, -0.2) is 4.39 Å². The number of hydrogen-bond acceptors (Lipinski definition) is 1. The molecule has 1 nitrogen and oxygen atoms in total. The first-order valence-electron chi connectivity index (χ1n) is 3.49. The third-order valence-corrected chi connectivity index (χ3v) is 1.76. The molecule has 0 aromatic heterocycles. The molecule has 66 valence electrons. The Balaban J connectivity index is 2.75. The minimum atomic E-state index is -0.315. The molecule has 0 aliphatic carbocycles. The van der Waals surface area contributed by atoms with Gasteiger partial charge in [0, 0.05) is 17.4 Å². The van der Waals surface area contributed by atoms with Crippen LogP contribution in [-0.4, -0.2) is 12.4 Å². The lowest BCUT2D eigenvalue weighted by Gasteiger charge is -2.04. The van der Waals surface area contributed by atoms with Gasteiger partial charge in [-0.1, -0.05) is 11.6 Å². The van der Waals surface area contributed by atoms with Crippen molar-refractivity contribution in [3.05, 3.63) is 29.0 Å². The largest absolute Gasteiger partial charge is 0.381 e. The third-order valence-electron chi connectivity index (χ3n) is 1.34. The summed E-state index contributed by atoms with van der Waals surface area (Å²) in [4.78, 5) is 0. The molecule has 1 rings (SSSR count). The van der Waals surface area contributed by atoms with E-state index in [1.54, 1.807) is 0 Å². The van der Waals surface area contributed by atoms with Crippen molar-refractivity contribution in [3.8, 4) is 0 Å². The Hall–Kier alpha value is -0.470. The van der Waals surface area contributed by atoms with E-state index in [0.717, 1.165) is 0 Å². The molecule has 12 heavy (non-hydrogen) atoms. The van der Waals surface area contributed by atoms with Gasteiger partial charge in [-0.05, 0) is 18.2 Å². The van der Waals surface area contributed by atoms with E-state index in [0.29, 0.717) is 23.1 Å². The van der Waals surface area contributed by atoms with Crippen molar-refractivity contribution in [1.82, 2.24) is 0 Å². The highest BCUT2D eigenvalue weighted by molar-refractivity contribution is 6.30. The normalized spacial score (nSPS) is 9.92. The maximum atomic E-state index is 12.9. The van der Waals surface area contributed by atoms with Crippen molar-refractivity contribution >= 4 is 28.9 Å². The second kappa shape index (κ2) is 4.53. The summed E-state index contributed by atoms with van der Waals surface area (Å²) in [5.41, 5.74) is 0.392. The van der Waals surface area contributed by atoms with Crippen LogP contribution in [0.5, 0.6) is 0 Å². The van der Waals surface area contributed by atoms with Gasteiger partial charge in [-0.2, -0.15) is 0 Å². The third kappa shape index (κ3) is 2.54. The molecule has 0 saturated carbocycles. The molecule has 0 spiro atoms. The van der Waals surface area contributed by atoms with Crippen molar-refractivity contribution in [2.75, 3.05) is 17.7 Å². The molecule has 0 amide bonds. The minimum absolute atomic E-state index is 0.315. The maximum absolute atomic E-state index is 12.9. The van der Waals surface area contributed by atoms with Gasteiger partial charge in [0.05, 0.1) is 5.69 Å². The Morgan fingerprint density at radius 2 is 2.17 bits per heavy atom. The smallest absolute Gasteiger partial charge is 0.146 e. The second-order valence-electron chi connectivity index (χ2n) is 2.24. The van der Waals surface area contributed by atoms with Gasteiger partial charge < -0.3 is 5.32 Å². The van der Waals surface area contributed by atoms with Gasteiger partial charge in [0.1, 0.15) is 5.82 Å². The van der Waals surface area contributed by atoms with Crippen LogP contribution in [0.15, 0.2) is 18.2 Å². The summed E-state index contributed by atoms with van der Waals surface area (Å²) >= 11 is 11.1. The Morgan fingerprint density at radius 3 is 2.83 bits per heavy atom. The van der Waals surface area contributed by atoms with Crippen LogP contribution < -0.4 is 5.32 Å². The summed E-state index contributed by atoms with van der Waals surface area (Å²) in [6, 6.07) is 4.35. The molecule has 0 unspecified atom stereocenters. The standard InChI is InChI=1S/C8H8Cl2FN/c9-3-4-12-8-5-6(10)1-2-7(8)11/h1-2,5,12H,3-4H2. The van der Waals surface area contributed by atoms with Crippen LogP contribution in [0.1, 0.15) is 0 Å². The molecular formula is C8H8Cl2FN. The van der Waals surface area contributed by atoms with Crippen molar-refractivity contribution < 1.29 is 4.39 Å². The molecular weight excluding hydrogens is 200 g/mol. The first-order valence-corrected chi connectivity index (χ1v) is 4.40. The fourth-order valence-corrected chi connectivity index (χ4v) is 1.08. The maximum Gasteiger partial charge on any atom is 0.146 e. The van der Waals surface area contributed by atoms with Crippen molar-refractivity contribution in [3.63, 3.8) is 0 Å². The predicted octanol–water partition coefficient (Wildman–Crippen LogP) is 3.13. The van der Waals surface area contributed by atoms with E-state index in [4.69, 9.17) is 23.2 Å². The summed E-state index contributed by atoms with van der Waals surface area (Å²) in [7, 11) is 0. The molecule has 0 radical (unpaired) electrons. The van der Waals surface area contributed by atoms with Gasteiger partial charge in [-0.15, -0.1) is 11.6 Å². The molecule has 0 aliphatic heterocycles. The molecule has 0 heterocycles. The van der Waals surface area contributed by atoms with Gasteiger partial charge in [0.15, 0.2) is 0 Å². The number of nitrogens with one attached hydrogen (secondary N) is 1. The van der Waals surface area contributed by atoms with Crippen molar-refractivity contribution in [2.24, 2.45) is 0 Å². The van der Waals surface area contributed by atoms with E-state index in [-0.39, 0.29) is 5.82 Å². The van der Waals surface area contributed by atoms with Crippen LogP contribution >= 0.6 is 23.2 Å². The van der Waals surface area contributed by atoms with Gasteiger partial charge in [0.2, 0.25) is 0 Å². The summed E-state index contributed by atoms with van der Waals surface area (Å²) in [5.74, 6) is 0.121. The number of anilines is 1. The lowest BCUT2D eigenvalue weighted by Crippen LogP contribution is -2.03. The van der Waals surface area contributed by atoms with E-state index < -0.39 is 0 Å². The van der Waals surface area contributed by atoms with Gasteiger partial charge in [0.25, 0.3) is 0 Å². The molecule has 1 aromatic carbocycles. The van der Waals surface area contributed by atoms with Crippen LogP contribution in [-0.2, 0) is 0 Å². The Morgan fingerprint density at radius 1 is 1.42 bits per heavy atom. The first-order chi connectivity index (χ1) is 5.74. The highest BCUT2D eigenvalue weighted by Gasteiger charge is 2.00. The van der Waals surface area contributed by atoms with Crippen molar-refractivity contribution in [1.29, 1.82) is 0 Å². The SMILES string of the molecule is Fc1ccc(Cl)cc1NCCCl. The molecule has 0 atom stereocenters. The van der Waals surface area contributed by atoms with Crippen LogP contribution in [0.2, 0.25) is 5.02 Å². The van der Waals surface area contributed by atoms with E-state index in [9.17, 15) is 4.39 Å². The van der Waals surface area contributed by atoms with Crippen LogP contribution in [0, 0.1) is 5.82 Å². The number of alkyl halides is 1. The predicted molar refractivity (Wildman–Crippen MR) is 50.6 cm³/mol. The lowest BCUT2D eigenvalue weighted by molar-refractivity contribution is 0.630. The lowest BCUT2D eigenvalue weighted by atomic mass is 10.3. The summed E-state index contributed by atoms with van der Waals surface area (Å²) < 4.78 is 12.9. The van der Waals surface area contributed by atoms with Crippen LogP contribution in [0.3, 0.4) is 0 Å². The molecule has 4 heteroatoms. The van der Waals surface area contributed by atoms with E-state index in [1.807, 2.05) is 0 Å². The van der Waals surface area contributed by atoms with Crippen LogP contribution in [0.4, 0.5) is 10.1 Å². The van der Waals surface area contributed by atoms with Gasteiger partial charge >= 0.3 is 0 Å². The highest BCUT2D eigenvalue weighted by atomic mass is 35.5. The number of benzene rings is 1. The van der Waals surface area contributed by atoms with E-state index in [2.05, 4.69) is 5.32 Å². The van der Waals surface area contributed by atoms with E-state index in [1.165, 1.54) is 18.2 Å². The molecule has 0 aliphatic rings. The Kier molecular flexibility index (Phi) is 3.63. The second-order valence-corrected chi connectivity index (χ2v) is 3.05. The number of rotatable bonds is 3. The highest BCUT2D eigenvalue weighted by Crippen LogP contribution is 2.18. The van der Waals surface area contributed by atoms with E-state index >= 15 is 0 Å². The number of halogens is 3. The molecule has 1 aromatic rings. The average molecular weight is 208 g/mol. The van der Waals surface area contributed by atoms with Crippen molar-refractivity contribution in [2.45, 2.75) is 0 Å². The molecule has 0 saturated heterocycles. The fraction of sp³-hybridized carbons (Fsp3) is 0.250. The zero-order valence-corrected chi connectivity index (χ0v) is 7.79. The monoisotopic (exact) mass is 207 g/mol. The Labute approximate surface area is 80.5 Å². The number of hydrogen-bond donors (Lipinski definition) is 1. The topological polar surface area (TPSA) is 12.0 Å². The van der Waals surface area contributed by atoms with Gasteiger partial charge in [-0.3, -0.25) is 0 Å².